The molecule has 1 aromatic rings. The monoisotopic (exact) mass is 264 g/mol. The summed E-state index contributed by atoms with van der Waals surface area (Å²) in [5.74, 6) is 0. The second-order valence-electron chi connectivity index (χ2n) is 3.85. The molecule has 0 fully saturated rings. The lowest BCUT2D eigenvalue weighted by Gasteiger charge is -2.21. The SMILES string of the molecule is N#CC(C#N)=C(C#N)Nc1cccc2c1CNC(=O)N2. The van der Waals surface area contributed by atoms with Gasteiger partial charge in [0.1, 0.15) is 23.9 Å². The summed E-state index contributed by atoms with van der Waals surface area (Å²) in [4.78, 5) is 11.2. The number of carbonyl (C=O) groups excluding carboxylic acids is 1. The highest BCUT2D eigenvalue weighted by Crippen LogP contribution is 2.27. The molecule has 1 aliphatic rings. The standard InChI is InChI=1S/C13H8N6O/c14-4-8(5-15)12(6-16)18-10-2-1-3-11-9(10)7-17-13(20)19-11/h1-3,18H,7H2,(H2,17,19,20). The molecule has 3 N–H and O–H groups in total. The average molecular weight is 264 g/mol. The van der Waals surface area contributed by atoms with Crippen LogP contribution in [0.2, 0.25) is 0 Å². The number of amides is 2. The van der Waals surface area contributed by atoms with Crippen molar-refractivity contribution in [3.05, 3.63) is 35.0 Å². The van der Waals surface area contributed by atoms with Crippen LogP contribution >= 0.6 is 0 Å². The van der Waals surface area contributed by atoms with Crippen LogP contribution in [0, 0.1) is 34.0 Å². The minimum absolute atomic E-state index is 0.125. The fourth-order valence-corrected chi connectivity index (χ4v) is 1.76. The predicted octanol–water partition coefficient (Wildman–Crippen LogP) is 1.56. The van der Waals surface area contributed by atoms with Crippen LogP contribution in [0.3, 0.4) is 0 Å². The first-order valence-electron chi connectivity index (χ1n) is 5.58. The highest BCUT2D eigenvalue weighted by Gasteiger charge is 2.17. The number of rotatable bonds is 2. The van der Waals surface area contributed by atoms with E-state index >= 15 is 0 Å². The number of urea groups is 1. The molecule has 0 saturated carbocycles. The van der Waals surface area contributed by atoms with Crippen LogP contribution in [0.25, 0.3) is 0 Å². The maximum atomic E-state index is 11.2. The Morgan fingerprint density at radius 1 is 1.20 bits per heavy atom. The summed E-state index contributed by atoms with van der Waals surface area (Å²) in [5.41, 5.74) is 1.49. The molecule has 0 aliphatic carbocycles. The van der Waals surface area contributed by atoms with Gasteiger partial charge in [-0.1, -0.05) is 6.07 Å². The summed E-state index contributed by atoms with van der Waals surface area (Å²) in [6.45, 7) is 0.289. The Morgan fingerprint density at radius 2 is 1.95 bits per heavy atom. The lowest BCUT2D eigenvalue weighted by Crippen LogP contribution is -2.33. The normalized spacial score (nSPS) is 11.6. The summed E-state index contributed by atoms with van der Waals surface area (Å²) in [6.07, 6.45) is 0. The Morgan fingerprint density at radius 3 is 2.60 bits per heavy atom. The second kappa shape index (κ2) is 5.43. The largest absolute Gasteiger partial charge is 0.345 e. The zero-order valence-electron chi connectivity index (χ0n) is 10.2. The Labute approximate surface area is 114 Å². The Balaban J connectivity index is 2.42. The second-order valence-corrected chi connectivity index (χ2v) is 3.85. The zero-order valence-corrected chi connectivity index (χ0v) is 10.2. The minimum atomic E-state index is -0.305. The van der Waals surface area contributed by atoms with E-state index in [0.29, 0.717) is 11.4 Å². The van der Waals surface area contributed by atoms with E-state index in [-0.39, 0.29) is 23.8 Å². The van der Waals surface area contributed by atoms with Crippen LogP contribution < -0.4 is 16.0 Å². The molecule has 2 amide bonds. The maximum absolute atomic E-state index is 11.2. The molecule has 1 aliphatic heterocycles. The van der Waals surface area contributed by atoms with Gasteiger partial charge in [-0.05, 0) is 12.1 Å². The lowest BCUT2D eigenvalue weighted by molar-refractivity contribution is 0.251. The summed E-state index contributed by atoms with van der Waals surface area (Å²) >= 11 is 0. The molecule has 0 atom stereocenters. The maximum Gasteiger partial charge on any atom is 0.319 e. The molecule has 20 heavy (non-hydrogen) atoms. The van der Waals surface area contributed by atoms with Crippen LogP contribution in [0.1, 0.15) is 5.56 Å². The van der Waals surface area contributed by atoms with Gasteiger partial charge in [-0.25, -0.2) is 4.79 Å². The van der Waals surface area contributed by atoms with Crippen LogP contribution in [-0.4, -0.2) is 6.03 Å². The number of hydrogen-bond donors (Lipinski definition) is 3. The van der Waals surface area contributed by atoms with Gasteiger partial charge < -0.3 is 16.0 Å². The first kappa shape index (κ1) is 12.9. The number of anilines is 2. The van der Waals surface area contributed by atoms with Gasteiger partial charge in [0, 0.05) is 23.5 Å². The van der Waals surface area contributed by atoms with E-state index in [9.17, 15) is 4.79 Å². The summed E-state index contributed by atoms with van der Waals surface area (Å²) in [7, 11) is 0. The highest BCUT2D eigenvalue weighted by atomic mass is 16.2. The smallest absolute Gasteiger partial charge is 0.319 e. The van der Waals surface area contributed by atoms with Crippen molar-refractivity contribution in [1.82, 2.24) is 5.32 Å². The molecule has 0 unspecified atom stereocenters. The Kier molecular flexibility index (Phi) is 3.51. The van der Waals surface area contributed by atoms with E-state index in [1.165, 1.54) is 0 Å². The third-order valence-corrected chi connectivity index (χ3v) is 2.70. The number of benzene rings is 1. The third-order valence-electron chi connectivity index (χ3n) is 2.70. The van der Waals surface area contributed by atoms with E-state index in [1.807, 2.05) is 0 Å². The number of fused-ring (bicyclic) bond motifs is 1. The van der Waals surface area contributed by atoms with Gasteiger partial charge in [-0.15, -0.1) is 0 Å². The molecule has 0 bridgehead atoms. The quantitative estimate of drug-likeness (QED) is 0.699. The topological polar surface area (TPSA) is 125 Å². The van der Waals surface area contributed by atoms with Gasteiger partial charge in [0.2, 0.25) is 0 Å². The van der Waals surface area contributed by atoms with Crippen molar-refractivity contribution in [3.63, 3.8) is 0 Å². The molecule has 2 rings (SSSR count). The van der Waals surface area contributed by atoms with Crippen molar-refractivity contribution in [3.8, 4) is 18.2 Å². The van der Waals surface area contributed by atoms with Gasteiger partial charge >= 0.3 is 6.03 Å². The lowest BCUT2D eigenvalue weighted by atomic mass is 10.1. The number of hydrogen-bond acceptors (Lipinski definition) is 5. The zero-order chi connectivity index (χ0) is 14.5. The van der Waals surface area contributed by atoms with Crippen molar-refractivity contribution < 1.29 is 4.79 Å². The van der Waals surface area contributed by atoms with Crippen molar-refractivity contribution >= 4 is 17.4 Å². The van der Waals surface area contributed by atoms with E-state index < -0.39 is 0 Å². The summed E-state index contributed by atoms with van der Waals surface area (Å²) in [6, 6.07) is 9.91. The third kappa shape index (κ3) is 2.35. The van der Waals surface area contributed by atoms with E-state index in [0.717, 1.165) is 5.56 Å². The van der Waals surface area contributed by atoms with Crippen LogP contribution in [0.5, 0.6) is 0 Å². The van der Waals surface area contributed by atoms with E-state index in [1.54, 1.807) is 36.4 Å². The average Bonchev–Trinajstić information content (AvgIpc) is 2.47. The number of nitrogens with zero attached hydrogens (tertiary/aromatic N) is 3. The number of nitriles is 3. The molecular weight excluding hydrogens is 256 g/mol. The van der Waals surface area contributed by atoms with Gasteiger partial charge in [0.25, 0.3) is 0 Å². The molecule has 0 saturated heterocycles. The van der Waals surface area contributed by atoms with Crippen molar-refractivity contribution in [1.29, 1.82) is 15.8 Å². The Hall–Kier alpha value is -3.50. The van der Waals surface area contributed by atoms with Crippen LogP contribution in [0.15, 0.2) is 29.5 Å². The number of carbonyl (C=O) groups is 1. The molecular formula is C13H8N6O. The van der Waals surface area contributed by atoms with Gasteiger partial charge in [-0.2, -0.15) is 15.8 Å². The molecule has 0 aromatic heterocycles. The molecule has 96 valence electrons. The van der Waals surface area contributed by atoms with Crippen molar-refractivity contribution in [2.24, 2.45) is 0 Å². The van der Waals surface area contributed by atoms with Gasteiger partial charge in [0.15, 0.2) is 5.57 Å². The molecule has 7 nitrogen and oxygen atoms in total. The number of nitrogens with one attached hydrogen (secondary N) is 3. The first-order valence-corrected chi connectivity index (χ1v) is 5.58. The van der Waals surface area contributed by atoms with Gasteiger partial charge in [-0.3, -0.25) is 0 Å². The summed E-state index contributed by atoms with van der Waals surface area (Å²) < 4.78 is 0. The van der Waals surface area contributed by atoms with E-state index in [2.05, 4.69) is 16.0 Å². The van der Waals surface area contributed by atoms with Crippen LogP contribution in [0.4, 0.5) is 16.2 Å². The Bertz CT molecular complexity index is 713. The molecule has 7 heteroatoms. The fraction of sp³-hybridized carbons (Fsp3) is 0.0769. The molecule has 0 spiro atoms. The minimum Gasteiger partial charge on any atom is -0.345 e. The molecule has 0 radical (unpaired) electrons. The van der Waals surface area contributed by atoms with Crippen molar-refractivity contribution in [2.75, 3.05) is 10.6 Å². The first-order chi connectivity index (χ1) is 9.69. The highest BCUT2D eigenvalue weighted by molar-refractivity contribution is 5.93. The number of allylic oxidation sites excluding steroid dienone is 2. The molecule has 1 heterocycles. The molecule has 1 aromatic carbocycles. The fourth-order valence-electron chi connectivity index (χ4n) is 1.76. The predicted molar refractivity (Wildman–Crippen MR) is 69.8 cm³/mol. The van der Waals surface area contributed by atoms with Gasteiger partial charge in [0.05, 0.1) is 0 Å². The summed E-state index contributed by atoms with van der Waals surface area (Å²) in [5, 5.41) is 34.6. The van der Waals surface area contributed by atoms with E-state index in [4.69, 9.17) is 15.8 Å². The van der Waals surface area contributed by atoms with Crippen LogP contribution in [-0.2, 0) is 6.54 Å². The van der Waals surface area contributed by atoms with Crippen molar-refractivity contribution in [2.45, 2.75) is 6.54 Å².